The number of ether oxygens (including phenoxy) is 3. The van der Waals surface area contributed by atoms with Gasteiger partial charge in [-0.3, -0.25) is 9.59 Å². The molecule has 9 nitrogen and oxygen atoms in total. The number of carbonyl (C=O) groups excluding carboxylic acids is 3. The van der Waals surface area contributed by atoms with Crippen molar-refractivity contribution < 1.29 is 33.7 Å². The largest absolute Gasteiger partial charge is 0.457 e. The van der Waals surface area contributed by atoms with Crippen LogP contribution in [0.4, 0.5) is 4.79 Å². The van der Waals surface area contributed by atoms with Crippen molar-refractivity contribution >= 4 is 17.8 Å². The SMILES string of the molecule is CC[C@H]1OC(=O)[C@]2(C)CCO[C@@](C)(C[C@@H](C)CN[C@H](C)[C@H]3NC(=O)O[C@@]31C)[C@H](O)[C@@H](C)C2=O. The number of hydrogen-bond acceptors (Lipinski definition) is 8. The van der Waals surface area contributed by atoms with Crippen LogP contribution in [0.5, 0.6) is 0 Å². The summed E-state index contributed by atoms with van der Waals surface area (Å²) < 4.78 is 17.8. The topological polar surface area (TPSA) is 123 Å². The number of Topliss-reactive ketones (excluding diaryl/α,β-unsaturated/α-hetero) is 1. The molecule has 0 saturated carbocycles. The van der Waals surface area contributed by atoms with Crippen LogP contribution in [0.2, 0.25) is 0 Å². The van der Waals surface area contributed by atoms with Crippen LogP contribution in [0, 0.1) is 17.3 Å². The first-order valence-corrected chi connectivity index (χ1v) is 12.1. The maximum atomic E-state index is 13.5. The smallest absolute Gasteiger partial charge is 0.408 e. The van der Waals surface area contributed by atoms with Gasteiger partial charge in [-0.15, -0.1) is 0 Å². The molecule has 0 aromatic heterocycles. The third-order valence-corrected chi connectivity index (χ3v) is 8.05. The fourth-order valence-corrected chi connectivity index (χ4v) is 5.84. The minimum absolute atomic E-state index is 0.106. The van der Waals surface area contributed by atoms with Gasteiger partial charge < -0.3 is 30.0 Å². The minimum atomic E-state index is -1.48. The van der Waals surface area contributed by atoms with Gasteiger partial charge in [-0.1, -0.05) is 20.8 Å². The number of hydrogen-bond donors (Lipinski definition) is 3. The molecule has 4 rings (SSSR count). The molecular formula is C24H40N2O7. The highest BCUT2D eigenvalue weighted by atomic mass is 16.6. The Morgan fingerprint density at radius 3 is 2.42 bits per heavy atom. The lowest BCUT2D eigenvalue weighted by Gasteiger charge is -2.44. The molecule has 33 heavy (non-hydrogen) atoms. The van der Waals surface area contributed by atoms with E-state index >= 15 is 0 Å². The summed E-state index contributed by atoms with van der Waals surface area (Å²) in [5.74, 6) is -1.75. The first kappa shape index (κ1) is 25.9. The zero-order valence-electron chi connectivity index (χ0n) is 20.9. The number of amides is 1. The molecule has 188 valence electrons. The van der Waals surface area contributed by atoms with Gasteiger partial charge in [0.2, 0.25) is 0 Å². The summed E-state index contributed by atoms with van der Waals surface area (Å²) in [6, 6.07) is -0.629. The summed E-state index contributed by atoms with van der Waals surface area (Å²) >= 11 is 0. The predicted octanol–water partition coefficient (Wildman–Crippen LogP) is 1.94. The number of fused-ring (bicyclic) bond motifs is 10. The second kappa shape index (κ2) is 9.15. The number of carbonyl (C=O) groups is 3. The predicted molar refractivity (Wildman–Crippen MR) is 120 cm³/mol. The van der Waals surface area contributed by atoms with E-state index in [0.29, 0.717) is 19.4 Å². The molecule has 0 aromatic rings. The highest BCUT2D eigenvalue weighted by molar-refractivity contribution is 6.04. The molecule has 0 aliphatic carbocycles. The molecule has 1 amide bonds. The number of rotatable bonds is 1. The van der Waals surface area contributed by atoms with E-state index in [1.165, 1.54) is 0 Å². The number of nitrogens with one attached hydrogen (secondary N) is 2. The maximum Gasteiger partial charge on any atom is 0.408 e. The Balaban J connectivity index is 2.06. The van der Waals surface area contributed by atoms with Gasteiger partial charge in [-0.05, 0) is 59.4 Å². The quantitative estimate of drug-likeness (QED) is 0.394. The van der Waals surface area contributed by atoms with Crippen LogP contribution < -0.4 is 10.6 Å². The van der Waals surface area contributed by atoms with Crippen molar-refractivity contribution in [1.82, 2.24) is 10.6 Å². The molecule has 0 unspecified atom stereocenters. The van der Waals surface area contributed by atoms with Crippen LogP contribution in [0.15, 0.2) is 0 Å². The minimum Gasteiger partial charge on any atom is -0.457 e. The van der Waals surface area contributed by atoms with Crippen LogP contribution >= 0.6 is 0 Å². The van der Waals surface area contributed by atoms with Crippen molar-refractivity contribution in [2.75, 3.05) is 13.2 Å². The Labute approximate surface area is 196 Å². The molecular weight excluding hydrogens is 428 g/mol. The molecule has 2 bridgehead atoms. The first-order valence-electron chi connectivity index (χ1n) is 12.1. The third kappa shape index (κ3) is 4.51. The number of esters is 1. The Bertz CT molecular complexity index is 791. The highest BCUT2D eigenvalue weighted by Gasteiger charge is 2.57. The first-order chi connectivity index (χ1) is 15.3. The second-order valence-electron chi connectivity index (χ2n) is 10.8. The summed E-state index contributed by atoms with van der Waals surface area (Å²) in [5.41, 5.74) is -3.53. The van der Waals surface area contributed by atoms with E-state index in [1.807, 2.05) is 20.8 Å². The number of aliphatic hydroxyl groups is 1. The van der Waals surface area contributed by atoms with E-state index in [9.17, 15) is 19.5 Å². The highest BCUT2D eigenvalue weighted by Crippen LogP contribution is 2.40. The molecule has 4 aliphatic rings. The molecule has 4 aliphatic heterocycles. The van der Waals surface area contributed by atoms with Gasteiger partial charge >= 0.3 is 12.1 Å². The third-order valence-electron chi connectivity index (χ3n) is 8.05. The molecule has 4 heterocycles. The summed E-state index contributed by atoms with van der Waals surface area (Å²) in [7, 11) is 0. The summed E-state index contributed by atoms with van der Waals surface area (Å²) in [6.07, 6.45) is -1.32. The van der Waals surface area contributed by atoms with E-state index in [-0.39, 0.29) is 30.8 Å². The van der Waals surface area contributed by atoms with Crippen LogP contribution in [-0.2, 0) is 23.8 Å². The molecule has 0 aromatic carbocycles. The van der Waals surface area contributed by atoms with Crippen molar-refractivity contribution in [1.29, 1.82) is 0 Å². The summed E-state index contributed by atoms with van der Waals surface area (Å²) in [6.45, 7) is 13.4. The van der Waals surface area contributed by atoms with Gasteiger partial charge in [0.15, 0.2) is 11.4 Å². The summed E-state index contributed by atoms with van der Waals surface area (Å²) in [4.78, 5) is 39.3. The number of alkyl carbamates (subject to hydrolysis) is 1. The molecule has 0 spiro atoms. The Morgan fingerprint density at radius 2 is 1.79 bits per heavy atom. The van der Waals surface area contributed by atoms with E-state index in [1.54, 1.807) is 20.8 Å². The molecule has 3 N–H and O–H groups in total. The molecule has 0 radical (unpaired) electrons. The van der Waals surface area contributed by atoms with Crippen LogP contribution in [-0.4, -0.2) is 71.6 Å². The standard InChI is InChI=1S/C24H40N2O7/c1-8-16-24(7)17(26-21(30)33-24)15(4)25-12-13(2)11-23(6)19(28)14(3)18(27)22(5,9-10-31-23)20(29)32-16/h13-17,19,25,28H,8-12H2,1-7H3,(H,26,30)/t13-,14+,15-,16-,17-,19-,22-,23+,24-/m1/s1. The number of aliphatic hydroxyl groups excluding tert-OH is 1. The lowest BCUT2D eigenvalue weighted by Crippen LogP contribution is -2.60. The van der Waals surface area contributed by atoms with Crippen molar-refractivity contribution in [2.24, 2.45) is 17.3 Å². The average molecular weight is 469 g/mol. The molecule has 9 heteroatoms. The van der Waals surface area contributed by atoms with Crippen LogP contribution in [0.3, 0.4) is 0 Å². The maximum absolute atomic E-state index is 13.5. The van der Waals surface area contributed by atoms with Gasteiger partial charge in [0.05, 0.1) is 17.7 Å². The average Bonchev–Trinajstić information content (AvgIpc) is 3.07. The lowest BCUT2D eigenvalue weighted by molar-refractivity contribution is -0.190. The zero-order valence-corrected chi connectivity index (χ0v) is 20.9. The van der Waals surface area contributed by atoms with Gasteiger partial charge in [0, 0.05) is 18.6 Å². The molecule has 4 fully saturated rings. The Kier molecular flexibility index (Phi) is 7.18. The van der Waals surface area contributed by atoms with E-state index in [4.69, 9.17) is 14.2 Å². The number of ketones is 1. The van der Waals surface area contributed by atoms with E-state index in [0.717, 1.165) is 0 Å². The van der Waals surface area contributed by atoms with Crippen molar-refractivity contribution in [2.45, 2.75) is 103 Å². The Morgan fingerprint density at radius 1 is 1.12 bits per heavy atom. The normalized spacial score (nSPS) is 47.5. The Hall–Kier alpha value is -1.71. The van der Waals surface area contributed by atoms with Gasteiger partial charge in [0.25, 0.3) is 0 Å². The van der Waals surface area contributed by atoms with Crippen molar-refractivity contribution in [3.8, 4) is 0 Å². The van der Waals surface area contributed by atoms with Crippen LogP contribution in [0.1, 0.15) is 67.7 Å². The van der Waals surface area contributed by atoms with Gasteiger partial charge in [-0.2, -0.15) is 0 Å². The molecule has 4 saturated heterocycles. The van der Waals surface area contributed by atoms with Crippen molar-refractivity contribution in [3.05, 3.63) is 0 Å². The second-order valence-corrected chi connectivity index (χ2v) is 10.8. The molecule has 9 atom stereocenters. The fourth-order valence-electron chi connectivity index (χ4n) is 5.84. The zero-order chi connectivity index (χ0) is 24.8. The lowest BCUT2D eigenvalue weighted by atomic mass is 9.71. The van der Waals surface area contributed by atoms with Crippen LogP contribution in [0.25, 0.3) is 0 Å². The van der Waals surface area contributed by atoms with E-state index in [2.05, 4.69) is 17.6 Å². The monoisotopic (exact) mass is 468 g/mol. The van der Waals surface area contributed by atoms with Gasteiger partial charge in [-0.25, -0.2) is 4.79 Å². The van der Waals surface area contributed by atoms with Crippen molar-refractivity contribution in [3.63, 3.8) is 0 Å². The fraction of sp³-hybridized carbons (Fsp3) is 0.875. The summed E-state index contributed by atoms with van der Waals surface area (Å²) in [5, 5.41) is 17.5. The van der Waals surface area contributed by atoms with E-state index < -0.39 is 52.8 Å². The van der Waals surface area contributed by atoms with Gasteiger partial charge in [0.1, 0.15) is 11.5 Å².